The van der Waals surface area contributed by atoms with Crippen LogP contribution in [0.5, 0.6) is 0 Å². The van der Waals surface area contributed by atoms with Gasteiger partial charge in [-0.1, -0.05) is 12.1 Å². The van der Waals surface area contributed by atoms with Crippen molar-refractivity contribution in [2.24, 2.45) is 0 Å². The Kier molecular flexibility index (Phi) is 3.94. The van der Waals surface area contributed by atoms with Gasteiger partial charge < -0.3 is 5.32 Å². The topological polar surface area (TPSA) is 35.8 Å². The summed E-state index contributed by atoms with van der Waals surface area (Å²) in [7, 11) is 0. The number of anilines is 1. The van der Waals surface area contributed by atoms with Crippen molar-refractivity contribution >= 4 is 21.6 Å². The van der Waals surface area contributed by atoms with Crippen LogP contribution in [0.1, 0.15) is 29.9 Å². The van der Waals surface area contributed by atoms with Crippen LogP contribution in [0.15, 0.2) is 46.9 Å². The molecule has 4 heteroatoms. The third kappa shape index (κ3) is 3.08. The summed E-state index contributed by atoms with van der Waals surface area (Å²) in [5, 5.41) is 12.3. The molecule has 0 amide bonds. The number of rotatable bonds is 3. The van der Waals surface area contributed by atoms with Crippen molar-refractivity contribution in [1.29, 1.82) is 5.26 Å². The van der Waals surface area contributed by atoms with E-state index in [1.165, 1.54) is 6.07 Å². The van der Waals surface area contributed by atoms with Crippen molar-refractivity contribution in [3.05, 3.63) is 63.9 Å². The van der Waals surface area contributed by atoms with Gasteiger partial charge in [0.1, 0.15) is 5.82 Å². The summed E-state index contributed by atoms with van der Waals surface area (Å²) in [6.45, 7) is 0. The van der Waals surface area contributed by atoms with Crippen LogP contribution in [0.3, 0.4) is 0 Å². The maximum absolute atomic E-state index is 13.2. The lowest BCUT2D eigenvalue weighted by Gasteiger charge is -2.37. The number of nitrogens with zero attached hydrogens (tertiary/aromatic N) is 1. The Balaban J connectivity index is 1.61. The van der Waals surface area contributed by atoms with E-state index in [-0.39, 0.29) is 5.82 Å². The molecule has 0 aromatic heterocycles. The molecule has 2 nitrogen and oxygen atoms in total. The van der Waals surface area contributed by atoms with E-state index >= 15 is 0 Å². The molecule has 0 unspecified atom stereocenters. The van der Waals surface area contributed by atoms with Gasteiger partial charge in [-0.25, -0.2) is 4.39 Å². The Morgan fingerprint density at radius 1 is 1.19 bits per heavy atom. The number of nitriles is 1. The molecule has 0 bridgehead atoms. The molecular formula is C17H14BrFN2. The van der Waals surface area contributed by atoms with Gasteiger partial charge in [-0.3, -0.25) is 0 Å². The fourth-order valence-electron chi connectivity index (χ4n) is 2.69. The first-order chi connectivity index (χ1) is 10.2. The van der Waals surface area contributed by atoms with Crippen molar-refractivity contribution in [2.45, 2.75) is 24.8 Å². The molecule has 1 saturated carbocycles. The van der Waals surface area contributed by atoms with Gasteiger partial charge in [0.15, 0.2) is 0 Å². The Morgan fingerprint density at radius 2 is 2.00 bits per heavy atom. The quantitative estimate of drug-likeness (QED) is 0.866. The van der Waals surface area contributed by atoms with Crippen molar-refractivity contribution in [3.8, 4) is 6.07 Å². The molecule has 0 atom stereocenters. The van der Waals surface area contributed by atoms with Gasteiger partial charge in [0.2, 0.25) is 0 Å². The number of hydrogen-bond donors (Lipinski definition) is 1. The number of nitrogens with one attached hydrogen (secondary N) is 1. The highest BCUT2D eigenvalue weighted by Crippen LogP contribution is 2.39. The molecule has 3 rings (SSSR count). The first kappa shape index (κ1) is 14.1. The number of halogens is 2. The fraction of sp³-hybridized carbons (Fsp3) is 0.235. The Morgan fingerprint density at radius 3 is 2.67 bits per heavy atom. The van der Waals surface area contributed by atoms with Gasteiger partial charge in [0.05, 0.1) is 11.6 Å². The average Bonchev–Trinajstić information content (AvgIpc) is 2.43. The summed E-state index contributed by atoms with van der Waals surface area (Å²) in [6, 6.07) is 14.9. The third-order valence-corrected chi connectivity index (χ3v) is 4.57. The molecule has 2 aromatic carbocycles. The molecule has 1 fully saturated rings. The molecule has 0 radical (unpaired) electrons. The first-order valence-corrected chi connectivity index (χ1v) is 7.66. The van der Waals surface area contributed by atoms with E-state index < -0.39 is 0 Å². The van der Waals surface area contributed by atoms with Crippen LogP contribution in [-0.2, 0) is 0 Å². The van der Waals surface area contributed by atoms with E-state index in [2.05, 4.69) is 27.3 Å². The van der Waals surface area contributed by atoms with E-state index in [4.69, 9.17) is 5.26 Å². The second-order valence-corrected chi connectivity index (χ2v) is 6.23. The second kappa shape index (κ2) is 5.87. The molecule has 106 valence electrons. The monoisotopic (exact) mass is 344 g/mol. The van der Waals surface area contributed by atoms with Gasteiger partial charge in [-0.05, 0) is 70.6 Å². The van der Waals surface area contributed by atoms with E-state index in [1.807, 2.05) is 18.2 Å². The van der Waals surface area contributed by atoms with Crippen LogP contribution in [0, 0.1) is 17.1 Å². The van der Waals surface area contributed by atoms with E-state index in [0.717, 1.165) is 28.6 Å². The molecule has 0 spiro atoms. The first-order valence-electron chi connectivity index (χ1n) is 6.87. The lowest BCUT2D eigenvalue weighted by atomic mass is 9.76. The third-order valence-electron chi connectivity index (χ3n) is 3.92. The molecule has 1 aliphatic rings. The average molecular weight is 345 g/mol. The maximum atomic E-state index is 13.2. The van der Waals surface area contributed by atoms with Crippen LogP contribution in [0.2, 0.25) is 0 Å². The van der Waals surface area contributed by atoms with Gasteiger partial charge in [-0.15, -0.1) is 0 Å². The molecule has 1 aliphatic carbocycles. The molecule has 21 heavy (non-hydrogen) atoms. The van der Waals surface area contributed by atoms with Crippen LogP contribution < -0.4 is 5.32 Å². The molecule has 0 saturated heterocycles. The van der Waals surface area contributed by atoms with Gasteiger partial charge in [-0.2, -0.15) is 5.26 Å². The minimum absolute atomic E-state index is 0.168. The normalized spacial score (nSPS) is 20.4. The number of hydrogen-bond acceptors (Lipinski definition) is 2. The second-order valence-electron chi connectivity index (χ2n) is 5.37. The molecule has 0 aliphatic heterocycles. The van der Waals surface area contributed by atoms with Crippen molar-refractivity contribution in [3.63, 3.8) is 0 Å². The van der Waals surface area contributed by atoms with E-state index in [0.29, 0.717) is 17.5 Å². The zero-order valence-corrected chi connectivity index (χ0v) is 12.9. The molecular weight excluding hydrogens is 331 g/mol. The lowest BCUT2D eigenvalue weighted by molar-refractivity contribution is 0.373. The van der Waals surface area contributed by atoms with Crippen LogP contribution in [0.25, 0.3) is 0 Å². The summed E-state index contributed by atoms with van der Waals surface area (Å²) in [5.41, 5.74) is 2.71. The predicted molar refractivity (Wildman–Crippen MR) is 84.6 cm³/mol. The maximum Gasteiger partial charge on any atom is 0.123 e. The summed E-state index contributed by atoms with van der Waals surface area (Å²) in [5.74, 6) is 0.258. The SMILES string of the molecule is N#Cc1ccc(NC2CC(c3cccc(F)c3)C2)c(Br)c1. The zero-order valence-electron chi connectivity index (χ0n) is 11.3. The van der Waals surface area contributed by atoms with Gasteiger partial charge in [0.25, 0.3) is 0 Å². The largest absolute Gasteiger partial charge is 0.381 e. The van der Waals surface area contributed by atoms with E-state index in [1.54, 1.807) is 18.2 Å². The Bertz CT molecular complexity index is 702. The van der Waals surface area contributed by atoms with Crippen LogP contribution >= 0.6 is 15.9 Å². The van der Waals surface area contributed by atoms with Crippen molar-refractivity contribution < 1.29 is 4.39 Å². The predicted octanol–water partition coefficient (Wildman–Crippen LogP) is 4.82. The molecule has 1 N–H and O–H groups in total. The molecule has 2 aromatic rings. The summed E-state index contributed by atoms with van der Waals surface area (Å²) in [6.07, 6.45) is 1.99. The number of benzene rings is 2. The lowest BCUT2D eigenvalue weighted by Crippen LogP contribution is -2.34. The van der Waals surface area contributed by atoms with Crippen LogP contribution in [0.4, 0.5) is 10.1 Å². The standard InChI is InChI=1S/C17H14BrFN2/c18-16-6-11(10-20)4-5-17(16)21-15-8-13(9-15)12-2-1-3-14(19)7-12/h1-7,13,15,21H,8-9H2. The summed E-state index contributed by atoms with van der Waals surface area (Å²) >= 11 is 3.48. The minimum Gasteiger partial charge on any atom is -0.381 e. The van der Waals surface area contributed by atoms with Gasteiger partial charge >= 0.3 is 0 Å². The smallest absolute Gasteiger partial charge is 0.123 e. The Hall–Kier alpha value is -1.86. The van der Waals surface area contributed by atoms with Gasteiger partial charge in [0, 0.05) is 16.2 Å². The fourth-order valence-corrected chi connectivity index (χ4v) is 3.18. The van der Waals surface area contributed by atoms with Crippen molar-refractivity contribution in [2.75, 3.05) is 5.32 Å². The van der Waals surface area contributed by atoms with Crippen LogP contribution in [-0.4, -0.2) is 6.04 Å². The highest BCUT2D eigenvalue weighted by molar-refractivity contribution is 9.10. The van der Waals surface area contributed by atoms with E-state index in [9.17, 15) is 4.39 Å². The highest BCUT2D eigenvalue weighted by Gasteiger charge is 2.30. The Labute approximate surface area is 131 Å². The molecule has 0 heterocycles. The van der Waals surface area contributed by atoms with Crippen molar-refractivity contribution in [1.82, 2.24) is 0 Å². The highest BCUT2D eigenvalue weighted by atomic mass is 79.9. The minimum atomic E-state index is -0.168. The summed E-state index contributed by atoms with van der Waals surface area (Å²) in [4.78, 5) is 0. The summed E-state index contributed by atoms with van der Waals surface area (Å²) < 4.78 is 14.1. The zero-order chi connectivity index (χ0) is 14.8.